The minimum Gasteiger partial charge on any atom is -0.413 e. The summed E-state index contributed by atoms with van der Waals surface area (Å²) < 4.78 is 7.22. The van der Waals surface area contributed by atoms with Gasteiger partial charge in [-0.1, -0.05) is 78.3 Å². The van der Waals surface area contributed by atoms with Crippen molar-refractivity contribution in [3.05, 3.63) is 35.5 Å². The number of aliphatic hydroxyl groups excluding tert-OH is 1. The molecule has 0 unspecified atom stereocenters. The smallest absolute Gasteiger partial charge is 0.200 e. The Hall–Kier alpha value is -0.973. The van der Waals surface area contributed by atoms with Crippen LogP contribution in [0.4, 0.5) is 0 Å². The molecule has 0 amide bonds. The summed E-state index contributed by atoms with van der Waals surface area (Å²) in [4.78, 5) is 12.2. The first-order valence-electron chi connectivity index (χ1n) is 12.4. The lowest BCUT2D eigenvalue weighted by atomic mass is 9.94. The Balaban J connectivity index is 3.27. The maximum Gasteiger partial charge on any atom is 0.200 e. The van der Waals surface area contributed by atoms with Crippen LogP contribution in [-0.4, -0.2) is 31.9 Å². The van der Waals surface area contributed by atoms with Crippen molar-refractivity contribution in [2.24, 2.45) is 5.92 Å². The van der Waals surface area contributed by atoms with Crippen molar-refractivity contribution >= 4 is 14.1 Å². The molecule has 0 bridgehead atoms. The largest absolute Gasteiger partial charge is 0.413 e. The molecule has 31 heavy (non-hydrogen) atoms. The summed E-state index contributed by atoms with van der Waals surface area (Å²) in [6.07, 6.45) is 13.1. The molecule has 1 rings (SSSR count). The fourth-order valence-electron chi connectivity index (χ4n) is 5.26. The summed E-state index contributed by atoms with van der Waals surface area (Å²) in [6, 6.07) is 0. The molecule has 0 saturated heterocycles. The third-order valence-electron chi connectivity index (χ3n) is 7.20. The predicted molar refractivity (Wildman–Crippen MR) is 136 cm³/mol. The first kappa shape index (κ1) is 28.1. The summed E-state index contributed by atoms with van der Waals surface area (Å²) >= 11 is 0. The minimum absolute atomic E-state index is 0.0443. The topological polar surface area (TPSA) is 46.5 Å². The molecule has 0 aliphatic heterocycles. The molecule has 0 aromatic carbocycles. The van der Waals surface area contributed by atoms with Crippen LogP contribution in [0.2, 0.25) is 16.6 Å². The minimum atomic E-state index is -1.99. The van der Waals surface area contributed by atoms with Gasteiger partial charge in [0.2, 0.25) is 8.32 Å². The van der Waals surface area contributed by atoms with E-state index in [1.54, 1.807) is 0 Å². The van der Waals surface area contributed by atoms with Gasteiger partial charge in [-0.3, -0.25) is 4.79 Å². The number of hydrogen-bond donors (Lipinski definition) is 1. The number of allylic oxidation sites excluding steroid dienone is 4. The molecule has 0 fully saturated rings. The molecule has 0 heterocycles. The third kappa shape index (κ3) is 8.14. The Kier molecular flexibility index (Phi) is 12.3. The second-order valence-electron chi connectivity index (χ2n) is 10.3. The van der Waals surface area contributed by atoms with Crippen LogP contribution in [-0.2, 0) is 9.22 Å². The van der Waals surface area contributed by atoms with E-state index in [-0.39, 0.29) is 18.5 Å². The molecular formula is C27H48O3Si. The van der Waals surface area contributed by atoms with E-state index in [1.807, 2.05) is 0 Å². The van der Waals surface area contributed by atoms with Crippen LogP contribution < -0.4 is 0 Å². The number of ketones is 1. The van der Waals surface area contributed by atoms with Crippen LogP contribution in [0.5, 0.6) is 0 Å². The molecule has 0 radical (unpaired) electrons. The second kappa shape index (κ2) is 13.5. The van der Waals surface area contributed by atoms with Gasteiger partial charge in [0, 0.05) is 12.8 Å². The van der Waals surface area contributed by atoms with Crippen molar-refractivity contribution < 1.29 is 14.3 Å². The summed E-state index contributed by atoms with van der Waals surface area (Å²) in [7, 11) is -1.99. The van der Waals surface area contributed by atoms with E-state index in [0.717, 1.165) is 24.8 Å². The lowest BCUT2D eigenvalue weighted by Crippen LogP contribution is -2.51. The number of hydrogen-bond acceptors (Lipinski definition) is 3. The standard InChI is InChI=1S/C27H48O3Si/c1-20(2)31(21(3)4,22(5)6)30-27-18-15-23(7)25(19-28)16-17-26(29)14-12-10-9-11-13-24(27)8/h9-11,13,20-22,24,27-28H,12,14-19H2,1-8H3/b10-9+,13-11+,25-23+/t24-,27-/m0/s1. The van der Waals surface area contributed by atoms with Crippen molar-refractivity contribution in [2.45, 2.75) is 117 Å². The van der Waals surface area contributed by atoms with E-state index in [4.69, 9.17) is 4.43 Å². The SMILES string of the molecule is C/C1=C(\CO)CCC(=O)CC/C=C/C=C/[C@H](C)[C@@H](O[Si](C(C)C)(C(C)C)C(C)C)CC1. The quantitative estimate of drug-likeness (QED) is 0.337. The third-order valence-corrected chi connectivity index (χ3v) is 13.3. The van der Waals surface area contributed by atoms with E-state index in [2.05, 4.69) is 79.7 Å². The van der Waals surface area contributed by atoms with Gasteiger partial charge >= 0.3 is 0 Å². The van der Waals surface area contributed by atoms with Crippen LogP contribution in [0.3, 0.4) is 0 Å². The average Bonchev–Trinajstić information content (AvgIpc) is 2.69. The van der Waals surface area contributed by atoms with Crippen LogP contribution in [0.1, 0.15) is 93.9 Å². The van der Waals surface area contributed by atoms with Crippen LogP contribution in [0.25, 0.3) is 0 Å². The van der Waals surface area contributed by atoms with Gasteiger partial charge < -0.3 is 9.53 Å². The molecule has 1 aliphatic carbocycles. The van der Waals surface area contributed by atoms with Crippen LogP contribution in [0.15, 0.2) is 35.5 Å². The molecule has 4 heteroatoms. The first-order valence-corrected chi connectivity index (χ1v) is 14.5. The van der Waals surface area contributed by atoms with E-state index < -0.39 is 8.32 Å². The fourth-order valence-corrected chi connectivity index (χ4v) is 10.9. The van der Waals surface area contributed by atoms with E-state index in [9.17, 15) is 9.90 Å². The zero-order chi connectivity index (χ0) is 23.6. The van der Waals surface area contributed by atoms with Crippen molar-refractivity contribution in [3.63, 3.8) is 0 Å². The Morgan fingerprint density at radius 3 is 2.16 bits per heavy atom. The molecule has 0 aromatic rings. The summed E-state index contributed by atoms with van der Waals surface area (Å²) in [5, 5.41) is 9.90. The number of aliphatic hydroxyl groups is 1. The Labute approximate surface area is 193 Å². The number of carbonyl (C=O) groups excluding carboxylic acids is 1. The number of Topliss-reactive ketones (excluding diaryl/α,β-unsaturated/α-hetero) is 1. The highest BCUT2D eigenvalue weighted by atomic mass is 28.4. The lowest BCUT2D eigenvalue weighted by molar-refractivity contribution is -0.118. The first-order chi connectivity index (χ1) is 14.6. The van der Waals surface area contributed by atoms with E-state index in [1.165, 1.54) is 5.57 Å². The van der Waals surface area contributed by atoms with Crippen molar-refractivity contribution in [3.8, 4) is 0 Å². The van der Waals surface area contributed by atoms with Crippen molar-refractivity contribution in [1.29, 1.82) is 0 Å². The Morgan fingerprint density at radius 2 is 1.61 bits per heavy atom. The van der Waals surface area contributed by atoms with Gasteiger partial charge in [0.1, 0.15) is 5.78 Å². The number of carbonyl (C=O) groups is 1. The molecule has 178 valence electrons. The average molecular weight is 449 g/mol. The van der Waals surface area contributed by atoms with E-state index >= 15 is 0 Å². The molecule has 2 atom stereocenters. The Bertz CT molecular complexity index is 621. The Morgan fingerprint density at radius 1 is 1.00 bits per heavy atom. The zero-order valence-corrected chi connectivity index (χ0v) is 22.4. The van der Waals surface area contributed by atoms with Crippen LogP contribution in [0, 0.1) is 5.92 Å². The summed E-state index contributed by atoms with van der Waals surface area (Å²) in [5.74, 6) is 0.586. The predicted octanol–water partition coefficient (Wildman–Crippen LogP) is 7.53. The van der Waals surface area contributed by atoms with E-state index in [0.29, 0.717) is 41.8 Å². The second-order valence-corrected chi connectivity index (χ2v) is 15.7. The molecule has 0 saturated carbocycles. The molecule has 0 aromatic heterocycles. The molecule has 0 spiro atoms. The molecule has 1 aliphatic rings. The summed E-state index contributed by atoms with van der Waals surface area (Å²) in [6.45, 7) is 18.5. The van der Waals surface area contributed by atoms with Gasteiger partial charge in [0.05, 0.1) is 12.7 Å². The van der Waals surface area contributed by atoms with Crippen molar-refractivity contribution in [2.75, 3.05) is 6.61 Å². The van der Waals surface area contributed by atoms with Gasteiger partial charge in [0.15, 0.2) is 0 Å². The monoisotopic (exact) mass is 448 g/mol. The fraction of sp³-hybridized carbons (Fsp3) is 0.741. The zero-order valence-electron chi connectivity index (χ0n) is 21.4. The maximum atomic E-state index is 12.2. The molecular weight excluding hydrogens is 400 g/mol. The highest BCUT2D eigenvalue weighted by molar-refractivity contribution is 6.77. The molecule has 3 nitrogen and oxygen atoms in total. The highest BCUT2D eigenvalue weighted by Crippen LogP contribution is 2.44. The maximum absolute atomic E-state index is 12.2. The number of rotatable bonds is 6. The lowest BCUT2D eigenvalue weighted by Gasteiger charge is -2.45. The van der Waals surface area contributed by atoms with Gasteiger partial charge in [-0.15, -0.1) is 0 Å². The summed E-state index contributed by atoms with van der Waals surface area (Å²) in [5.41, 5.74) is 3.90. The van der Waals surface area contributed by atoms with Gasteiger partial charge in [-0.2, -0.15) is 0 Å². The van der Waals surface area contributed by atoms with Gasteiger partial charge in [-0.25, -0.2) is 0 Å². The highest BCUT2D eigenvalue weighted by Gasteiger charge is 2.47. The van der Waals surface area contributed by atoms with Crippen molar-refractivity contribution in [1.82, 2.24) is 0 Å². The van der Waals surface area contributed by atoms with Crippen LogP contribution >= 0.6 is 0 Å². The normalized spacial score (nSPS) is 27.4. The van der Waals surface area contributed by atoms with Gasteiger partial charge in [0.25, 0.3) is 0 Å². The molecule has 1 N–H and O–H groups in total. The van der Waals surface area contributed by atoms with Gasteiger partial charge in [-0.05, 0) is 60.7 Å².